The summed E-state index contributed by atoms with van der Waals surface area (Å²) in [6, 6.07) is 7.97. The Hall–Kier alpha value is -1.59. The average Bonchev–Trinajstić information content (AvgIpc) is 2.55. The number of urea groups is 1. The van der Waals surface area contributed by atoms with Gasteiger partial charge in [0.05, 0.1) is 12.7 Å². The first kappa shape index (κ1) is 18.7. The van der Waals surface area contributed by atoms with Crippen LogP contribution in [0.3, 0.4) is 0 Å². The summed E-state index contributed by atoms with van der Waals surface area (Å²) in [5.41, 5.74) is 1.87. The van der Waals surface area contributed by atoms with Crippen molar-refractivity contribution in [3.63, 3.8) is 0 Å². The Balaban J connectivity index is 1.77. The number of ether oxygens (including phenoxy) is 1. The molecule has 0 spiro atoms. The lowest BCUT2D eigenvalue weighted by molar-refractivity contribution is 0.0657. The third-order valence-electron chi connectivity index (χ3n) is 4.23. The fourth-order valence-corrected chi connectivity index (χ4v) is 2.97. The van der Waals surface area contributed by atoms with Crippen molar-refractivity contribution in [3.05, 3.63) is 29.8 Å². The van der Waals surface area contributed by atoms with Gasteiger partial charge in [-0.05, 0) is 57.4 Å². The summed E-state index contributed by atoms with van der Waals surface area (Å²) in [6.45, 7) is 10.1. The monoisotopic (exact) mass is 333 g/mol. The van der Waals surface area contributed by atoms with E-state index in [1.807, 2.05) is 38.1 Å². The van der Waals surface area contributed by atoms with Crippen LogP contribution in [0.5, 0.6) is 0 Å². The lowest BCUT2D eigenvalue weighted by atomic mass is 10.1. The van der Waals surface area contributed by atoms with E-state index in [1.54, 1.807) is 0 Å². The maximum absolute atomic E-state index is 12.2. The molecule has 2 rings (SSSR count). The second kappa shape index (κ2) is 9.64. The van der Waals surface area contributed by atoms with Crippen LogP contribution in [0, 0.1) is 0 Å². The third-order valence-corrected chi connectivity index (χ3v) is 4.23. The second-order valence-corrected chi connectivity index (χ2v) is 6.77. The standard InChI is InChI=1S/C19H31N3O2/c1-4-10-22-11-8-17(9-12-22)20-19(23)21-18-7-5-6-16(13-18)14-24-15(2)3/h5-7,13,15,17H,4,8-12,14H2,1-3H3,(H2,20,21,23). The Morgan fingerprint density at radius 1 is 1.33 bits per heavy atom. The number of benzene rings is 1. The van der Waals surface area contributed by atoms with Crippen LogP contribution in [0.2, 0.25) is 0 Å². The minimum Gasteiger partial charge on any atom is -0.374 e. The van der Waals surface area contributed by atoms with Gasteiger partial charge in [0, 0.05) is 24.8 Å². The molecule has 5 heteroatoms. The van der Waals surface area contributed by atoms with Gasteiger partial charge in [0.1, 0.15) is 0 Å². The van der Waals surface area contributed by atoms with Crippen molar-refractivity contribution < 1.29 is 9.53 Å². The molecule has 0 aromatic heterocycles. The molecule has 134 valence electrons. The smallest absolute Gasteiger partial charge is 0.319 e. The highest BCUT2D eigenvalue weighted by atomic mass is 16.5. The van der Waals surface area contributed by atoms with Crippen LogP contribution in [-0.4, -0.2) is 42.7 Å². The van der Waals surface area contributed by atoms with Crippen molar-refractivity contribution in [2.75, 3.05) is 25.0 Å². The molecule has 2 N–H and O–H groups in total. The van der Waals surface area contributed by atoms with E-state index in [9.17, 15) is 4.79 Å². The predicted molar refractivity (Wildman–Crippen MR) is 98.3 cm³/mol. The van der Waals surface area contributed by atoms with Crippen LogP contribution in [-0.2, 0) is 11.3 Å². The van der Waals surface area contributed by atoms with Gasteiger partial charge in [-0.3, -0.25) is 0 Å². The lowest BCUT2D eigenvalue weighted by Crippen LogP contribution is -2.46. The summed E-state index contributed by atoms with van der Waals surface area (Å²) in [7, 11) is 0. The molecule has 1 aromatic carbocycles. The van der Waals surface area contributed by atoms with Gasteiger partial charge in [-0.2, -0.15) is 0 Å². The molecule has 0 saturated carbocycles. The van der Waals surface area contributed by atoms with Crippen LogP contribution >= 0.6 is 0 Å². The Kier molecular flexibility index (Phi) is 7.53. The van der Waals surface area contributed by atoms with E-state index < -0.39 is 0 Å². The Labute approximate surface area is 145 Å². The van der Waals surface area contributed by atoms with Crippen molar-refractivity contribution in [1.29, 1.82) is 0 Å². The van der Waals surface area contributed by atoms with Crippen molar-refractivity contribution in [3.8, 4) is 0 Å². The van der Waals surface area contributed by atoms with Crippen LogP contribution in [0.25, 0.3) is 0 Å². The lowest BCUT2D eigenvalue weighted by Gasteiger charge is -2.32. The van der Waals surface area contributed by atoms with E-state index in [4.69, 9.17) is 4.74 Å². The maximum Gasteiger partial charge on any atom is 0.319 e. The number of anilines is 1. The molecule has 2 amide bonds. The number of rotatable bonds is 7. The maximum atomic E-state index is 12.2. The van der Waals surface area contributed by atoms with Crippen LogP contribution in [0.15, 0.2) is 24.3 Å². The number of hydrogen-bond acceptors (Lipinski definition) is 3. The molecule has 0 radical (unpaired) electrons. The van der Waals surface area contributed by atoms with E-state index in [2.05, 4.69) is 22.5 Å². The topological polar surface area (TPSA) is 53.6 Å². The zero-order chi connectivity index (χ0) is 17.4. The molecule has 1 saturated heterocycles. The van der Waals surface area contributed by atoms with E-state index in [0.717, 1.165) is 43.7 Å². The molecular formula is C19H31N3O2. The molecule has 0 atom stereocenters. The summed E-state index contributed by atoms with van der Waals surface area (Å²) in [6.07, 6.45) is 3.43. The van der Waals surface area contributed by atoms with Crippen molar-refractivity contribution in [2.24, 2.45) is 0 Å². The van der Waals surface area contributed by atoms with Gasteiger partial charge in [0.15, 0.2) is 0 Å². The normalized spacial score (nSPS) is 16.3. The van der Waals surface area contributed by atoms with Gasteiger partial charge in [0.25, 0.3) is 0 Å². The molecule has 0 unspecified atom stereocenters. The van der Waals surface area contributed by atoms with Crippen molar-refractivity contribution in [2.45, 2.75) is 58.8 Å². The first-order valence-electron chi connectivity index (χ1n) is 9.07. The molecule has 5 nitrogen and oxygen atoms in total. The largest absolute Gasteiger partial charge is 0.374 e. The molecule has 24 heavy (non-hydrogen) atoms. The van der Waals surface area contributed by atoms with Crippen molar-refractivity contribution >= 4 is 11.7 Å². The summed E-state index contributed by atoms with van der Waals surface area (Å²) in [5, 5.41) is 6.03. The number of piperidine rings is 1. The Morgan fingerprint density at radius 3 is 2.75 bits per heavy atom. The SMILES string of the molecule is CCCN1CCC(NC(=O)Nc2cccc(COC(C)C)c2)CC1. The number of carbonyl (C=O) groups excluding carboxylic acids is 1. The van der Waals surface area contributed by atoms with Gasteiger partial charge >= 0.3 is 6.03 Å². The minimum atomic E-state index is -0.120. The van der Waals surface area contributed by atoms with E-state index in [1.165, 1.54) is 6.42 Å². The number of nitrogens with one attached hydrogen (secondary N) is 2. The first-order valence-corrected chi connectivity index (χ1v) is 9.07. The molecule has 1 aromatic rings. The molecular weight excluding hydrogens is 302 g/mol. The first-order chi connectivity index (χ1) is 11.6. The quantitative estimate of drug-likeness (QED) is 0.801. The Bertz CT molecular complexity index is 511. The van der Waals surface area contributed by atoms with Gasteiger partial charge in [-0.15, -0.1) is 0 Å². The number of nitrogens with zero attached hydrogens (tertiary/aromatic N) is 1. The summed E-state index contributed by atoms with van der Waals surface area (Å²) in [4.78, 5) is 14.7. The van der Waals surface area contributed by atoms with E-state index in [-0.39, 0.29) is 18.2 Å². The van der Waals surface area contributed by atoms with E-state index >= 15 is 0 Å². The number of likely N-dealkylation sites (tertiary alicyclic amines) is 1. The van der Waals surface area contributed by atoms with Crippen molar-refractivity contribution in [1.82, 2.24) is 10.2 Å². The average molecular weight is 333 g/mol. The number of amides is 2. The van der Waals surface area contributed by atoms with Gasteiger partial charge in [0.2, 0.25) is 0 Å². The van der Waals surface area contributed by atoms with Crippen LogP contribution in [0.1, 0.15) is 45.6 Å². The fraction of sp³-hybridized carbons (Fsp3) is 0.632. The summed E-state index contributed by atoms with van der Waals surface area (Å²) >= 11 is 0. The molecule has 1 fully saturated rings. The van der Waals surface area contributed by atoms with Crippen LogP contribution in [0.4, 0.5) is 10.5 Å². The Morgan fingerprint density at radius 2 is 2.08 bits per heavy atom. The van der Waals surface area contributed by atoms with Gasteiger partial charge in [-0.1, -0.05) is 19.1 Å². The molecule has 1 aliphatic rings. The molecule has 0 bridgehead atoms. The molecule has 0 aliphatic carbocycles. The zero-order valence-corrected chi connectivity index (χ0v) is 15.2. The highest BCUT2D eigenvalue weighted by molar-refractivity contribution is 5.89. The predicted octanol–water partition coefficient (Wildman–Crippen LogP) is 3.61. The fourth-order valence-electron chi connectivity index (χ4n) is 2.97. The van der Waals surface area contributed by atoms with Gasteiger partial charge in [-0.25, -0.2) is 4.79 Å². The summed E-state index contributed by atoms with van der Waals surface area (Å²) in [5.74, 6) is 0. The van der Waals surface area contributed by atoms with Crippen LogP contribution < -0.4 is 10.6 Å². The molecule has 1 heterocycles. The second-order valence-electron chi connectivity index (χ2n) is 6.77. The number of carbonyl (C=O) groups is 1. The van der Waals surface area contributed by atoms with E-state index in [0.29, 0.717) is 6.61 Å². The summed E-state index contributed by atoms with van der Waals surface area (Å²) < 4.78 is 5.61. The number of hydrogen-bond donors (Lipinski definition) is 2. The zero-order valence-electron chi connectivity index (χ0n) is 15.2. The highest BCUT2D eigenvalue weighted by Crippen LogP contribution is 2.14. The van der Waals surface area contributed by atoms with Gasteiger partial charge < -0.3 is 20.3 Å². The molecule has 1 aliphatic heterocycles. The highest BCUT2D eigenvalue weighted by Gasteiger charge is 2.20. The third kappa shape index (κ3) is 6.49. The minimum absolute atomic E-state index is 0.120.